The number of thioether (sulfide) groups is 1. The number of carbonyl (C=O) groups excluding carboxylic acids is 2. The minimum absolute atomic E-state index is 0.0946. The number of rotatable bonds is 6. The number of anilines is 1. The standard InChI is InChI=1S/C21H17NO3S/c1-26-18-11-4-15(5-12-18)6-13-19(23)16-7-9-17(10-8-16)22-21(24)20-3-2-14-25-20/h2-14H,1H3,(H,22,24). The van der Waals surface area contributed by atoms with Gasteiger partial charge in [-0.15, -0.1) is 11.8 Å². The largest absolute Gasteiger partial charge is 0.459 e. The van der Waals surface area contributed by atoms with Gasteiger partial charge in [0, 0.05) is 16.1 Å². The molecule has 4 nitrogen and oxygen atoms in total. The lowest BCUT2D eigenvalue weighted by Gasteiger charge is -2.04. The molecule has 2 aromatic carbocycles. The van der Waals surface area contributed by atoms with Gasteiger partial charge >= 0.3 is 0 Å². The van der Waals surface area contributed by atoms with Crippen LogP contribution < -0.4 is 5.32 Å². The molecule has 130 valence electrons. The summed E-state index contributed by atoms with van der Waals surface area (Å²) >= 11 is 1.68. The molecule has 0 spiro atoms. The zero-order valence-electron chi connectivity index (χ0n) is 14.1. The van der Waals surface area contributed by atoms with E-state index in [4.69, 9.17) is 4.42 Å². The Hall–Kier alpha value is -3.05. The minimum atomic E-state index is -0.331. The van der Waals surface area contributed by atoms with Gasteiger partial charge in [-0.2, -0.15) is 0 Å². The quantitative estimate of drug-likeness (QED) is 0.374. The van der Waals surface area contributed by atoms with Crippen molar-refractivity contribution in [3.63, 3.8) is 0 Å². The molecule has 1 amide bonds. The summed E-state index contributed by atoms with van der Waals surface area (Å²) in [6.45, 7) is 0. The lowest BCUT2D eigenvalue weighted by molar-refractivity contribution is 0.0996. The first kappa shape index (κ1) is 17.8. The fraction of sp³-hybridized carbons (Fsp3) is 0.0476. The monoisotopic (exact) mass is 363 g/mol. The van der Waals surface area contributed by atoms with Crippen LogP contribution in [0.4, 0.5) is 5.69 Å². The first-order valence-electron chi connectivity index (χ1n) is 7.97. The van der Waals surface area contributed by atoms with Gasteiger partial charge in [0.2, 0.25) is 0 Å². The zero-order valence-corrected chi connectivity index (χ0v) is 15.0. The van der Waals surface area contributed by atoms with E-state index in [0.717, 1.165) is 5.56 Å². The molecule has 0 unspecified atom stereocenters. The highest BCUT2D eigenvalue weighted by molar-refractivity contribution is 7.98. The summed E-state index contributed by atoms with van der Waals surface area (Å²) in [5.41, 5.74) is 2.12. The molecule has 3 aromatic rings. The van der Waals surface area contributed by atoms with Crippen molar-refractivity contribution < 1.29 is 14.0 Å². The summed E-state index contributed by atoms with van der Waals surface area (Å²) in [6.07, 6.45) is 6.80. The van der Waals surface area contributed by atoms with Crippen LogP contribution in [0.2, 0.25) is 0 Å². The van der Waals surface area contributed by atoms with Gasteiger partial charge in [0.05, 0.1) is 6.26 Å². The maximum absolute atomic E-state index is 12.3. The van der Waals surface area contributed by atoms with Crippen molar-refractivity contribution in [3.8, 4) is 0 Å². The van der Waals surface area contributed by atoms with Gasteiger partial charge in [-0.05, 0) is 66.4 Å². The number of ketones is 1. The van der Waals surface area contributed by atoms with Crippen molar-refractivity contribution in [1.82, 2.24) is 0 Å². The van der Waals surface area contributed by atoms with E-state index in [0.29, 0.717) is 11.3 Å². The number of furan rings is 1. The lowest BCUT2D eigenvalue weighted by Crippen LogP contribution is -2.10. The third-order valence-corrected chi connectivity index (χ3v) is 4.46. The Kier molecular flexibility index (Phi) is 5.71. The second-order valence-corrected chi connectivity index (χ2v) is 6.36. The van der Waals surface area contributed by atoms with Gasteiger partial charge in [0.25, 0.3) is 5.91 Å². The third-order valence-electron chi connectivity index (χ3n) is 3.72. The molecule has 0 atom stereocenters. The molecular formula is C21H17NO3S. The molecule has 0 saturated heterocycles. The zero-order chi connectivity index (χ0) is 18.4. The SMILES string of the molecule is CSc1ccc(C=CC(=O)c2ccc(NC(=O)c3ccco3)cc2)cc1. The Bertz CT molecular complexity index is 911. The molecule has 0 fully saturated rings. The Morgan fingerprint density at radius 2 is 1.73 bits per heavy atom. The highest BCUT2D eigenvalue weighted by atomic mass is 32.2. The van der Waals surface area contributed by atoms with Gasteiger partial charge in [0.15, 0.2) is 11.5 Å². The molecule has 0 aliphatic carbocycles. The second kappa shape index (κ2) is 8.36. The van der Waals surface area contributed by atoms with E-state index < -0.39 is 0 Å². The number of amides is 1. The predicted octanol–water partition coefficient (Wildman–Crippen LogP) is 5.15. The van der Waals surface area contributed by atoms with Crippen LogP contribution in [0.25, 0.3) is 6.08 Å². The molecule has 0 bridgehead atoms. The van der Waals surface area contributed by atoms with E-state index in [9.17, 15) is 9.59 Å². The summed E-state index contributed by atoms with van der Waals surface area (Å²) in [7, 11) is 0. The van der Waals surface area contributed by atoms with Crippen molar-refractivity contribution >= 4 is 35.2 Å². The van der Waals surface area contributed by atoms with E-state index in [2.05, 4.69) is 5.32 Å². The molecule has 0 aliphatic heterocycles. The average molecular weight is 363 g/mol. The summed E-state index contributed by atoms with van der Waals surface area (Å²) in [6, 6.07) is 18.0. The number of hydrogen-bond donors (Lipinski definition) is 1. The summed E-state index contributed by atoms with van der Waals surface area (Å²) in [4.78, 5) is 25.4. The Balaban J connectivity index is 1.62. The number of carbonyl (C=O) groups is 2. The third kappa shape index (κ3) is 4.52. The van der Waals surface area contributed by atoms with Crippen LogP contribution in [-0.4, -0.2) is 17.9 Å². The first-order valence-corrected chi connectivity index (χ1v) is 9.19. The van der Waals surface area contributed by atoms with E-state index in [1.165, 1.54) is 11.2 Å². The number of allylic oxidation sites excluding steroid dienone is 1. The van der Waals surface area contributed by atoms with Crippen molar-refractivity contribution in [2.45, 2.75) is 4.90 Å². The van der Waals surface area contributed by atoms with Gasteiger partial charge in [-0.3, -0.25) is 9.59 Å². The molecule has 5 heteroatoms. The van der Waals surface area contributed by atoms with E-state index in [1.807, 2.05) is 30.5 Å². The van der Waals surface area contributed by atoms with Crippen LogP contribution in [0, 0.1) is 0 Å². The lowest BCUT2D eigenvalue weighted by atomic mass is 10.1. The van der Waals surface area contributed by atoms with Crippen molar-refractivity contribution in [3.05, 3.63) is 89.9 Å². The molecular weight excluding hydrogens is 346 g/mol. The van der Waals surface area contributed by atoms with Crippen LogP contribution in [0.5, 0.6) is 0 Å². The van der Waals surface area contributed by atoms with Gasteiger partial charge in [-0.1, -0.05) is 18.2 Å². The Labute approximate surface area is 155 Å². The van der Waals surface area contributed by atoms with Gasteiger partial charge < -0.3 is 9.73 Å². The van der Waals surface area contributed by atoms with Crippen molar-refractivity contribution in [2.75, 3.05) is 11.6 Å². The molecule has 1 heterocycles. The normalized spacial score (nSPS) is 10.8. The molecule has 0 radical (unpaired) electrons. The number of benzene rings is 2. The maximum Gasteiger partial charge on any atom is 0.291 e. The highest BCUT2D eigenvalue weighted by Crippen LogP contribution is 2.16. The summed E-state index contributed by atoms with van der Waals surface area (Å²) in [5, 5.41) is 2.72. The van der Waals surface area contributed by atoms with Crippen molar-refractivity contribution in [2.24, 2.45) is 0 Å². The molecule has 1 aromatic heterocycles. The van der Waals surface area contributed by atoms with Crippen LogP contribution in [-0.2, 0) is 0 Å². The number of nitrogens with one attached hydrogen (secondary N) is 1. The molecule has 26 heavy (non-hydrogen) atoms. The van der Waals surface area contributed by atoms with Crippen LogP contribution in [0.1, 0.15) is 26.5 Å². The minimum Gasteiger partial charge on any atom is -0.459 e. The average Bonchev–Trinajstić information content (AvgIpc) is 3.22. The van der Waals surface area contributed by atoms with E-state index >= 15 is 0 Å². The van der Waals surface area contributed by atoms with Crippen LogP contribution in [0.3, 0.4) is 0 Å². The number of hydrogen-bond acceptors (Lipinski definition) is 4. The topological polar surface area (TPSA) is 59.3 Å². The highest BCUT2D eigenvalue weighted by Gasteiger charge is 2.09. The molecule has 3 rings (SSSR count). The second-order valence-electron chi connectivity index (χ2n) is 5.48. The van der Waals surface area contributed by atoms with Gasteiger partial charge in [-0.25, -0.2) is 0 Å². The van der Waals surface area contributed by atoms with E-state index in [-0.39, 0.29) is 17.5 Å². The van der Waals surface area contributed by atoms with Crippen molar-refractivity contribution in [1.29, 1.82) is 0 Å². The predicted molar refractivity (Wildman–Crippen MR) is 105 cm³/mol. The van der Waals surface area contributed by atoms with Crippen LogP contribution >= 0.6 is 11.8 Å². The Morgan fingerprint density at radius 3 is 2.35 bits per heavy atom. The molecule has 0 aliphatic rings. The first-order chi connectivity index (χ1) is 12.7. The summed E-state index contributed by atoms with van der Waals surface area (Å²) < 4.78 is 5.04. The van der Waals surface area contributed by atoms with Gasteiger partial charge in [0.1, 0.15) is 0 Å². The van der Waals surface area contributed by atoms with Crippen LogP contribution in [0.15, 0.2) is 82.3 Å². The fourth-order valence-corrected chi connectivity index (χ4v) is 2.71. The van der Waals surface area contributed by atoms with E-state index in [1.54, 1.807) is 60.3 Å². The molecule has 0 saturated carbocycles. The summed E-state index contributed by atoms with van der Waals surface area (Å²) in [5.74, 6) is -0.189. The maximum atomic E-state index is 12.3. The Morgan fingerprint density at radius 1 is 1.00 bits per heavy atom. The fourth-order valence-electron chi connectivity index (χ4n) is 2.30. The molecule has 1 N–H and O–H groups in total. The smallest absolute Gasteiger partial charge is 0.291 e.